The van der Waals surface area contributed by atoms with Gasteiger partial charge in [0.15, 0.2) is 6.10 Å². The van der Waals surface area contributed by atoms with E-state index in [0.717, 1.165) is 57.8 Å². The zero-order valence-corrected chi connectivity index (χ0v) is 39.5. The third-order valence-electron chi connectivity index (χ3n) is 9.78. The third-order valence-corrected chi connectivity index (χ3v) is 10.8. The predicted molar refractivity (Wildman–Crippen MR) is 256 cm³/mol. The van der Waals surface area contributed by atoms with Gasteiger partial charge in [0.1, 0.15) is 6.61 Å². The maximum Gasteiger partial charge on any atom is 0.472 e. The van der Waals surface area contributed by atoms with Crippen molar-refractivity contribution in [1.29, 1.82) is 0 Å². The summed E-state index contributed by atoms with van der Waals surface area (Å²) in [6, 6.07) is 0. The van der Waals surface area contributed by atoms with Gasteiger partial charge in [0.05, 0.1) is 13.2 Å². The van der Waals surface area contributed by atoms with Gasteiger partial charge >= 0.3 is 19.8 Å². The SMILES string of the molecule is CC/C=C/C/C=C/C/C=C/C/C=C/C/C=C/C/C=C/CCC(=O)OC[C@H](COP(=O)(O)OCCN)OC(=O)CCCCCCCCCCCCC/C=C/CCCCCCCC. The quantitative estimate of drug-likeness (QED) is 0.0265. The van der Waals surface area contributed by atoms with Crippen LogP contribution in [0.1, 0.15) is 194 Å². The van der Waals surface area contributed by atoms with Crippen molar-refractivity contribution in [2.75, 3.05) is 26.4 Å². The van der Waals surface area contributed by atoms with Gasteiger partial charge < -0.3 is 20.1 Å². The van der Waals surface area contributed by atoms with E-state index in [-0.39, 0.29) is 32.6 Å². The lowest BCUT2D eigenvalue weighted by atomic mass is 10.0. The number of unbranched alkanes of at least 4 members (excludes halogenated alkanes) is 17. The molecule has 0 aliphatic carbocycles. The summed E-state index contributed by atoms with van der Waals surface area (Å²) in [6.45, 7) is 3.53. The second kappa shape index (κ2) is 46.7. The molecule has 0 spiro atoms. The molecule has 0 aromatic carbocycles. The fourth-order valence-corrected chi connectivity index (χ4v) is 7.01. The molecular formula is C51H88NO8P. The van der Waals surface area contributed by atoms with E-state index in [0.29, 0.717) is 12.8 Å². The first kappa shape index (κ1) is 58.2. The molecule has 0 amide bonds. The Hall–Kier alpha value is -2.81. The number of hydrogen-bond acceptors (Lipinski definition) is 8. The lowest BCUT2D eigenvalue weighted by Crippen LogP contribution is -2.29. The number of allylic oxidation sites excluding steroid dienone is 14. The molecule has 61 heavy (non-hydrogen) atoms. The second-order valence-corrected chi connectivity index (χ2v) is 17.0. The van der Waals surface area contributed by atoms with Crippen LogP contribution in [0.3, 0.4) is 0 Å². The van der Waals surface area contributed by atoms with Crippen molar-refractivity contribution in [1.82, 2.24) is 0 Å². The van der Waals surface area contributed by atoms with Gasteiger partial charge in [0, 0.05) is 19.4 Å². The number of ether oxygens (including phenoxy) is 2. The number of esters is 2. The smallest absolute Gasteiger partial charge is 0.462 e. The average molecular weight is 874 g/mol. The molecule has 10 heteroatoms. The summed E-state index contributed by atoms with van der Waals surface area (Å²) in [4.78, 5) is 35.0. The van der Waals surface area contributed by atoms with Crippen LogP contribution in [0.2, 0.25) is 0 Å². The fourth-order valence-electron chi connectivity index (χ4n) is 6.24. The molecule has 2 atom stereocenters. The summed E-state index contributed by atoms with van der Waals surface area (Å²) in [5.41, 5.74) is 5.35. The molecule has 3 N–H and O–H groups in total. The Morgan fingerprint density at radius 3 is 1.41 bits per heavy atom. The Labute approximate surface area is 373 Å². The van der Waals surface area contributed by atoms with E-state index >= 15 is 0 Å². The van der Waals surface area contributed by atoms with Gasteiger partial charge in [-0.05, 0) is 77.0 Å². The molecule has 1 unspecified atom stereocenters. The van der Waals surface area contributed by atoms with Crippen LogP contribution in [0.4, 0.5) is 0 Å². The summed E-state index contributed by atoms with van der Waals surface area (Å²) in [6.07, 6.45) is 59.2. The van der Waals surface area contributed by atoms with Crippen LogP contribution in [-0.4, -0.2) is 49.3 Å². The summed E-state index contributed by atoms with van der Waals surface area (Å²) < 4.78 is 32.8. The molecule has 0 heterocycles. The van der Waals surface area contributed by atoms with Crippen LogP contribution in [-0.2, 0) is 32.7 Å². The Morgan fingerprint density at radius 2 is 0.934 bits per heavy atom. The molecule has 0 saturated heterocycles. The topological polar surface area (TPSA) is 134 Å². The Morgan fingerprint density at radius 1 is 0.508 bits per heavy atom. The van der Waals surface area contributed by atoms with Gasteiger partial charge in [-0.1, -0.05) is 189 Å². The lowest BCUT2D eigenvalue weighted by Gasteiger charge is -2.19. The number of rotatable bonds is 44. The summed E-state index contributed by atoms with van der Waals surface area (Å²) in [5.74, 6) is -0.930. The van der Waals surface area contributed by atoms with Gasteiger partial charge in [-0.25, -0.2) is 4.57 Å². The van der Waals surface area contributed by atoms with Crippen molar-refractivity contribution in [2.24, 2.45) is 5.73 Å². The highest BCUT2D eigenvalue weighted by Crippen LogP contribution is 2.43. The Balaban J connectivity index is 4.20. The molecule has 0 radical (unpaired) electrons. The summed E-state index contributed by atoms with van der Waals surface area (Å²) >= 11 is 0. The van der Waals surface area contributed by atoms with Gasteiger partial charge in [0.2, 0.25) is 0 Å². The van der Waals surface area contributed by atoms with E-state index in [1.807, 2.05) is 12.2 Å². The molecule has 0 fully saturated rings. The molecule has 0 rings (SSSR count). The summed E-state index contributed by atoms with van der Waals surface area (Å²) in [7, 11) is -4.40. The molecule has 0 aromatic heterocycles. The largest absolute Gasteiger partial charge is 0.472 e. The first-order valence-corrected chi connectivity index (χ1v) is 25.6. The minimum absolute atomic E-state index is 0.0401. The zero-order valence-electron chi connectivity index (χ0n) is 38.6. The van der Waals surface area contributed by atoms with Crippen molar-refractivity contribution >= 4 is 19.8 Å². The minimum atomic E-state index is -4.40. The molecule has 0 saturated carbocycles. The molecule has 0 aromatic rings. The number of carbonyl (C=O) groups excluding carboxylic acids is 2. The first-order valence-electron chi connectivity index (χ1n) is 24.1. The molecule has 0 aliphatic rings. The minimum Gasteiger partial charge on any atom is -0.462 e. The van der Waals surface area contributed by atoms with Crippen molar-refractivity contribution in [3.05, 3.63) is 85.1 Å². The first-order chi connectivity index (χ1) is 29.8. The number of phosphoric acid groups is 1. The van der Waals surface area contributed by atoms with Crippen LogP contribution in [0.5, 0.6) is 0 Å². The predicted octanol–water partition coefficient (Wildman–Crippen LogP) is 14.4. The highest BCUT2D eigenvalue weighted by molar-refractivity contribution is 7.47. The Bertz CT molecular complexity index is 1270. The number of nitrogens with two attached hydrogens (primary N) is 1. The van der Waals surface area contributed by atoms with Gasteiger partial charge in [0.25, 0.3) is 0 Å². The van der Waals surface area contributed by atoms with Crippen LogP contribution in [0, 0.1) is 0 Å². The van der Waals surface area contributed by atoms with E-state index in [1.54, 1.807) is 0 Å². The van der Waals surface area contributed by atoms with Crippen molar-refractivity contribution in [3.8, 4) is 0 Å². The van der Waals surface area contributed by atoms with Crippen LogP contribution in [0.25, 0.3) is 0 Å². The lowest BCUT2D eigenvalue weighted by molar-refractivity contribution is -0.161. The molecule has 0 bridgehead atoms. The van der Waals surface area contributed by atoms with Crippen LogP contribution in [0.15, 0.2) is 85.1 Å². The van der Waals surface area contributed by atoms with Crippen LogP contribution < -0.4 is 5.73 Å². The maximum absolute atomic E-state index is 12.6. The standard InChI is InChI=1S/C51H88NO8P/c1-3-5-7-9-11-13-15-17-19-21-23-24-26-28-30-32-34-36-38-40-42-44-51(54)60-49(48-59-61(55,56)58-46-45-52)47-57-50(53)43-41-39-37-35-33-31-29-27-25-22-20-18-16-14-12-10-8-6-4-2/h6,8,12,14,17-20,25,27,31,33,37,39,49H,3-5,7,9-11,13,15-16,21-24,26,28-30,32,34-36,38,40-48,52H2,1-2H3,(H,55,56)/b8-6+,14-12+,19-17+,20-18+,27-25+,33-31+,39-37+/t49-/m1/s1. The number of phosphoric ester groups is 1. The number of hydrogen-bond donors (Lipinski definition) is 2. The Kier molecular flexibility index (Phi) is 44.5. The zero-order chi connectivity index (χ0) is 44.6. The van der Waals surface area contributed by atoms with Gasteiger partial charge in [-0.3, -0.25) is 18.6 Å². The van der Waals surface area contributed by atoms with E-state index in [2.05, 4.69) is 86.8 Å². The van der Waals surface area contributed by atoms with E-state index in [4.69, 9.17) is 24.3 Å². The maximum atomic E-state index is 12.6. The highest BCUT2D eigenvalue weighted by atomic mass is 31.2. The normalized spacial score (nSPS) is 14.0. The third kappa shape index (κ3) is 46.5. The van der Waals surface area contributed by atoms with Gasteiger partial charge in [-0.15, -0.1) is 0 Å². The molecule has 0 aliphatic heterocycles. The van der Waals surface area contributed by atoms with Gasteiger partial charge in [-0.2, -0.15) is 0 Å². The van der Waals surface area contributed by atoms with Crippen molar-refractivity contribution in [3.63, 3.8) is 0 Å². The highest BCUT2D eigenvalue weighted by Gasteiger charge is 2.26. The number of carbonyl (C=O) groups is 2. The van der Waals surface area contributed by atoms with E-state index in [9.17, 15) is 19.0 Å². The van der Waals surface area contributed by atoms with E-state index < -0.39 is 32.5 Å². The molecule has 350 valence electrons. The second-order valence-electron chi connectivity index (χ2n) is 15.6. The summed E-state index contributed by atoms with van der Waals surface area (Å²) in [5, 5.41) is 0. The van der Waals surface area contributed by atoms with Crippen molar-refractivity contribution < 1.29 is 37.6 Å². The van der Waals surface area contributed by atoms with E-state index in [1.165, 1.54) is 96.3 Å². The fraction of sp³-hybridized carbons (Fsp3) is 0.686. The molecule has 9 nitrogen and oxygen atoms in total. The monoisotopic (exact) mass is 874 g/mol. The van der Waals surface area contributed by atoms with Crippen molar-refractivity contribution in [2.45, 2.75) is 200 Å². The van der Waals surface area contributed by atoms with Crippen LogP contribution >= 0.6 is 7.82 Å². The molecular weight excluding hydrogens is 786 g/mol. The average Bonchev–Trinajstić information content (AvgIpc) is 3.25.